The monoisotopic (exact) mass is 190 g/mol. The molecular formula is C12H14O2. The Morgan fingerprint density at radius 1 is 0.929 bits per heavy atom. The van der Waals surface area contributed by atoms with Gasteiger partial charge in [-0.1, -0.05) is 25.3 Å². The quantitative estimate of drug-likeness (QED) is 0.702. The molecule has 1 rings (SSSR count). The Morgan fingerprint density at radius 3 is 1.43 bits per heavy atom. The fourth-order valence-electron chi connectivity index (χ4n) is 1.55. The van der Waals surface area contributed by atoms with E-state index in [1.54, 1.807) is 0 Å². The largest absolute Gasteiger partial charge is 0.508 e. The second-order valence-electron chi connectivity index (χ2n) is 3.34. The van der Waals surface area contributed by atoms with Crippen LogP contribution in [0.3, 0.4) is 0 Å². The minimum absolute atomic E-state index is 0.0450. The van der Waals surface area contributed by atoms with Crippen molar-refractivity contribution in [1.29, 1.82) is 0 Å². The maximum atomic E-state index is 9.41. The van der Waals surface area contributed by atoms with Crippen molar-refractivity contribution in [2.75, 3.05) is 0 Å². The summed E-state index contributed by atoms with van der Waals surface area (Å²) >= 11 is 0. The number of rotatable bonds is 2. The average molecular weight is 190 g/mol. The minimum atomic E-state index is -0.0450. The van der Waals surface area contributed by atoms with Crippen LogP contribution in [0.15, 0.2) is 25.3 Å². The van der Waals surface area contributed by atoms with Crippen LogP contribution >= 0.6 is 0 Å². The minimum Gasteiger partial charge on any atom is -0.508 e. The van der Waals surface area contributed by atoms with Gasteiger partial charge in [0.25, 0.3) is 0 Å². The summed E-state index contributed by atoms with van der Waals surface area (Å²) < 4.78 is 0. The zero-order valence-electron chi connectivity index (χ0n) is 8.46. The summed E-state index contributed by atoms with van der Waals surface area (Å²) in [7, 11) is 0. The van der Waals surface area contributed by atoms with Gasteiger partial charge < -0.3 is 10.2 Å². The van der Waals surface area contributed by atoms with E-state index in [-0.39, 0.29) is 11.5 Å². The first kappa shape index (κ1) is 10.4. The van der Waals surface area contributed by atoms with E-state index >= 15 is 0 Å². The molecule has 0 aliphatic carbocycles. The van der Waals surface area contributed by atoms with E-state index in [9.17, 15) is 10.2 Å². The van der Waals surface area contributed by atoms with Crippen molar-refractivity contribution < 1.29 is 10.2 Å². The van der Waals surface area contributed by atoms with Crippen LogP contribution in [-0.2, 0) is 0 Å². The van der Waals surface area contributed by atoms with Crippen molar-refractivity contribution in [3.8, 4) is 0 Å². The topological polar surface area (TPSA) is 40.5 Å². The lowest BCUT2D eigenvalue weighted by Crippen LogP contribution is -1.98. The summed E-state index contributed by atoms with van der Waals surface area (Å²) in [6.07, 6.45) is 0. The lowest BCUT2D eigenvalue weighted by atomic mass is 9.95. The molecule has 0 spiro atoms. The fourth-order valence-corrected chi connectivity index (χ4v) is 1.55. The molecule has 0 bridgehead atoms. The highest BCUT2D eigenvalue weighted by Crippen LogP contribution is 2.27. The van der Waals surface area contributed by atoms with Crippen molar-refractivity contribution in [2.45, 2.75) is 13.8 Å². The molecular weight excluding hydrogens is 176 g/mol. The van der Waals surface area contributed by atoms with E-state index in [0.29, 0.717) is 11.1 Å². The van der Waals surface area contributed by atoms with Gasteiger partial charge >= 0.3 is 0 Å². The third kappa shape index (κ3) is 1.64. The molecule has 0 atom stereocenters. The maximum absolute atomic E-state index is 9.41. The van der Waals surface area contributed by atoms with Crippen LogP contribution in [0.1, 0.15) is 22.3 Å². The van der Waals surface area contributed by atoms with Crippen molar-refractivity contribution in [1.82, 2.24) is 0 Å². The predicted molar refractivity (Wildman–Crippen MR) is 59.2 cm³/mol. The molecule has 0 amide bonds. The fraction of sp³-hybridized carbons (Fsp3) is 0.167. The zero-order chi connectivity index (χ0) is 10.9. The van der Waals surface area contributed by atoms with Crippen LogP contribution < -0.4 is 0 Å². The highest BCUT2D eigenvalue weighted by molar-refractivity contribution is 5.76. The van der Waals surface area contributed by atoms with Crippen molar-refractivity contribution in [3.05, 3.63) is 47.5 Å². The molecule has 1 aromatic carbocycles. The maximum Gasteiger partial charge on any atom is 0.116 e. The molecule has 2 nitrogen and oxygen atoms in total. The first-order valence-corrected chi connectivity index (χ1v) is 4.32. The lowest BCUT2D eigenvalue weighted by Gasteiger charge is -2.13. The molecule has 0 aromatic heterocycles. The van der Waals surface area contributed by atoms with Crippen LogP contribution in [0.25, 0.3) is 11.5 Å². The summed E-state index contributed by atoms with van der Waals surface area (Å²) in [5.41, 5.74) is 2.87. The van der Waals surface area contributed by atoms with E-state index in [2.05, 4.69) is 13.2 Å². The number of hydrogen-bond donors (Lipinski definition) is 2. The lowest BCUT2D eigenvalue weighted by molar-refractivity contribution is 0.502. The zero-order valence-corrected chi connectivity index (χ0v) is 8.46. The second kappa shape index (κ2) is 3.58. The molecule has 2 heteroatoms. The Kier molecular flexibility index (Phi) is 2.65. The van der Waals surface area contributed by atoms with Gasteiger partial charge in [0.15, 0.2) is 0 Å². The molecule has 0 aliphatic rings. The van der Waals surface area contributed by atoms with Crippen LogP contribution in [-0.4, -0.2) is 10.2 Å². The Morgan fingerprint density at radius 2 is 1.21 bits per heavy atom. The number of aliphatic hydroxyl groups is 2. The highest BCUT2D eigenvalue weighted by atomic mass is 16.3. The van der Waals surface area contributed by atoms with E-state index in [1.807, 2.05) is 26.0 Å². The molecule has 0 saturated heterocycles. The second-order valence-corrected chi connectivity index (χ2v) is 3.34. The number of aryl methyl sites for hydroxylation is 2. The van der Waals surface area contributed by atoms with Crippen LogP contribution in [0, 0.1) is 13.8 Å². The number of hydrogen-bond acceptors (Lipinski definition) is 2. The Labute approximate surface area is 83.8 Å². The van der Waals surface area contributed by atoms with E-state index in [0.717, 1.165) is 11.1 Å². The van der Waals surface area contributed by atoms with Gasteiger partial charge in [0, 0.05) is 11.1 Å². The smallest absolute Gasteiger partial charge is 0.116 e. The Balaban J connectivity index is 3.58. The average Bonchev–Trinajstić information content (AvgIpc) is 2.07. The predicted octanol–water partition coefficient (Wildman–Crippen LogP) is 3.36. The summed E-state index contributed by atoms with van der Waals surface area (Å²) in [6.45, 7) is 10.6. The van der Waals surface area contributed by atoms with Gasteiger partial charge in [-0.05, 0) is 25.0 Å². The van der Waals surface area contributed by atoms with Gasteiger partial charge in [0.2, 0.25) is 0 Å². The van der Waals surface area contributed by atoms with Crippen molar-refractivity contribution in [2.24, 2.45) is 0 Å². The summed E-state index contributed by atoms with van der Waals surface area (Å²) in [5.74, 6) is -0.0900. The number of benzene rings is 1. The van der Waals surface area contributed by atoms with E-state index in [4.69, 9.17) is 0 Å². The molecule has 0 saturated carbocycles. The van der Waals surface area contributed by atoms with Crippen LogP contribution in [0.5, 0.6) is 0 Å². The SMILES string of the molecule is C=C(O)c1c(C)ccc(C)c1C(=C)O. The molecule has 2 N–H and O–H groups in total. The van der Waals surface area contributed by atoms with Gasteiger partial charge in [-0.25, -0.2) is 0 Å². The normalized spacial score (nSPS) is 9.86. The third-order valence-electron chi connectivity index (χ3n) is 2.20. The van der Waals surface area contributed by atoms with Gasteiger partial charge in [-0.2, -0.15) is 0 Å². The van der Waals surface area contributed by atoms with Gasteiger partial charge in [0.1, 0.15) is 11.5 Å². The molecule has 0 fully saturated rings. The number of aliphatic hydroxyl groups excluding tert-OH is 2. The standard InChI is InChI=1S/C12H14O2/c1-7-5-6-8(2)12(10(4)14)11(7)9(3)13/h5-6,13-14H,3-4H2,1-2H3. The van der Waals surface area contributed by atoms with E-state index in [1.165, 1.54) is 0 Å². The van der Waals surface area contributed by atoms with Crippen molar-refractivity contribution >= 4 is 11.5 Å². The molecule has 1 aromatic rings. The molecule has 0 radical (unpaired) electrons. The van der Waals surface area contributed by atoms with Gasteiger partial charge in [-0.15, -0.1) is 0 Å². The summed E-state index contributed by atoms with van der Waals surface area (Å²) in [5, 5.41) is 18.8. The molecule has 0 unspecified atom stereocenters. The van der Waals surface area contributed by atoms with Crippen LogP contribution in [0.2, 0.25) is 0 Å². The first-order chi connectivity index (χ1) is 6.45. The molecule has 0 heterocycles. The molecule has 14 heavy (non-hydrogen) atoms. The Bertz CT molecular complexity index is 364. The van der Waals surface area contributed by atoms with E-state index < -0.39 is 0 Å². The molecule has 0 aliphatic heterocycles. The van der Waals surface area contributed by atoms with Gasteiger partial charge in [-0.3, -0.25) is 0 Å². The summed E-state index contributed by atoms with van der Waals surface area (Å²) in [6, 6.07) is 3.75. The highest BCUT2D eigenvalue weighted by Gasteiger charge is 2.13. The molecule has 74 valence electrons. The van der Waals surface area contributed by atoms with Crippen molar-refractivity contribution in [3.63, 3.8) is 0 Å². The first-order valence-electron chi connectivity index (χ1n) is 4.32. The van der Waals surface area contributed by atoms with Crippen LogP contribution in [0.4, 0.5) is 0 Å². The van der Waals surface area contributed by atoms with Gasteiger partial charge in [0.05, 0.1) is 0 Å². The Hall–Kier alpha value is -1.70. The third-order valence-corrected chi connectivity index (χ3v) is 2.20. The summed E-state index contributed by atoms with van der Waals surface area (Å²) in [4.78, 5) is 0.